The summed E-state index contributed by atoms with van der Waals surface area (Å²) in [4.78, 5) is 8.76. The quantitative estimate of drug-likeness (QED) is 0.771. The van der Waals surface area contributed by atoms with E-state index in [4.69, 9.17) is 4.74 Å². The van der Waals surface area contributed by atoms with Gasteiger partial charge in [-0.15, -0.1) is 0 Å². The molecule has 0 bridgehead atoms. The summed E-state index contributed by atoms with van der Waals surface area (Å²) < 4.78 is 5.41. The Morgan fingerprint density at radius 1 is 1.28 bits per heavy atom. The number of nitrogens with one attached hydrogen (secondary N) is 1. The first kappa shape index (κ1) is 14.9. The lowest BCUT2D eigenvalue weighted by Gasteiger charge is -2.23. The van der Waals surface area contributed by atoms with Crippen LogP contribution in [0.1, 0.15) is 52.1 Å². The first-order chi connectivity index (χ1) is 8.72. The van der Waals surface area contributed by atoms with Gasteiger partial charge in [-0.2, -0.15) is 0 Å². The van der Waals surface area contributed by atoms with Crippen molar-refractivity contribution in [2.24, 2.45) is 0 Å². The second-order valence-electron chi connectivity index (χ2n) is 4.47. The molecule has 102 valence electrons. The maximum Gasteiger partial charge on any atom is 0.232 e. The van der Waals surface area contributed by atoms with Gasteiger partial charge in [-0.05, 0) is 33.2 Å². The first-order valence-corrected chi connectivity index (χ1v) is 6.90. The molecule has 0 saturated heterocycles. The molecule has 18 heavy (non-hydrogen) atoms. The third-order valence-corrected chi connectivity index (χ3v) is 3.06. The molecule has 0 saturated carbocycles. The van der Waals surface area contributed by atoms with E-state index in [1.165, 1.54) is 0 Å². The van der Waals surface area contributed by atoms with E-state index >= 15 is 0 Å². The van der Waals surface area contributed by atoms with Crippen LogP contribution < -0.4 is 10.1 Å². The van der Waals surface area contributed by atoms with E-state index < -0.39 is 0 Å². The molecule has 0 spiro atoms. The zero-order valence-corrected chi connectivity index (χ0v) is 11.9. The minimum atomic E-state index is 0.379. The van der Waals surface area contributed by atoms with Crippen LogP contribution in [0.2, 0.25) is 0 Å². The Balaban J connectivity index is 2.77. The largest absolute Gasteiger partial charge is 0.477 e. The zero-order valence-electron chi connectivity index (χ0n) is 11.9. The van der Waals surface area contributed by atoms with Crippen LogP contribution in [-0.2, 0) is 0 Å². The van der Waals surface area contributed by atoms with Crippen molar-refractivity contribution in [1.82, 2.24) is 15.3 Å². The van der Waals surface area contributed by atoms with E-state index in [2.05, 4.69) is 36.1 Å². The molecule has 1 N–H and O–H groups in total. The molecule has 4 heteroatoms. The van der Waals surface area contributed by atoms with E-state index in [0.717, 1.165) is 25.1 Å². The highest BCUT2D eigenvalue weighted by Crippen LogP contribution is 2.22. The van der Waals surface area contributed by atoms with E-state index in [1.807, 2.05) is 13.1 Å². The van der Waals surface area contributed by atoms with E-state index in [-0.39, 0.29) is 0 Å². The van der Waals surface area contributed by atoms with Crippen LogP contribution in [-0.4, -0.2) is 29.2 Å². The summed E-state index contributed by atoms with van der Waals surface area (Å²) in [6.45, 7) is 10.2. The SMILES string of the molecule is CCCNC(C)C(CC)c1cncc(OCC)n1. The van der Waals surface area contributed by atoms with E-state index in [9.17, 15) is 0 Å². The molecule has 1 heterocycles. The van der Waals surface area contributed by atoms with Crippen LogP contribution in [0.25, 0.3) is 0 Å². The Bertz CT molecular complexity index is 344. The summed E-state index contributed by atoms with van der Waals surface area (Å²) >= 11 is 0. The summed E-state index contributed by atoms with van der Waals surface area (Å²) in [5, 5.41) is 3.52. The maximum absolute atomic E-state index is 5.41. The lowest BCUT2D eigenvalue weighted by atomic mass is 9.95. The molecule has 0 aromatic carbocycles. The summed E-state index contributed by atoms with van der Waals surface area (Å²) in [5.74, 6) is 1.00. The normalized spacial score (nSPS) is 14.2. The third-order valence-electron chi connectivity index (χ3n) is 3.06. The van der Waals surface area contributed by atoms with Gasteiger partial charge in [0.05, 0.1) is 18.5 Å². The molecule has 1 aromatic rings. The van der Waals surface area contributed by atoms with Gasteiger partial charge in [0.2, 0.25) is 5.88 Å². The van der Waals surface area contributed by atoms with Crippen molar-refractivity contribution in [2.75, 3.05) is 13.2 Å². The number of hydrogen-bond acceptors (Lipinski definition) is 4. The van der Waals surface area contributed by atoms with Crippen LogP contribution in [0, 0.1) is 0 Å². The van der Waals surface area contributed by atoms with Crippen LogP contribution >= 0.6 is 0 Å². The number of hydrogen-bond donors (Lipinski definition) is 1. The lowest BCUT2D eigenvalue weighted by Crippen LogP contribution is -2.33. The molecule has 2 atom stereocenters. The van der Waals surface area contributed by atoms with Crippen molar-refractivity contribution in [3.63, 3.8) is 0 Å². The van der Waals surface area contributed by atoms with Gasteiger partial charge in [0.25, 0.3) is 0 Å². The van der Waals surface area contributed by atoms with E-state index in [1.54, 1.807) is 6.20 Å². The molecule has 0 fully saturated rings. The highest BCUT2D eigenvalue weighted by molar-refractivity contribution is 5.13. The number of aromatic nitrogens is 2. The standard InChI is InChI=1S/C14H25N3O/c1-5-8-16-11(4)12(6-2)13-9-15-10-14(17-13)18-7-3/h9-12,16H,5-8H2,1-4H3. The van der Waals surface area contributed by atoms with Gasteiger partial charge in [0.1, 0.15) is 0 Å². The average Bonchev–Trinajstić information content (AvgIpc) is 2.38. The van der Waals surface area contributed by atoms with Gasteiger partial charge in [-0.3, -0.25) is 4.98 Å². The van der Waals surface area contributed by atoms with Gasteiger partial charge in [-0.25, -0.2) is 4.98 Å². The predicted octanol–water partition coefficient (Wildman–Crippen LogP) is 2.76. The molecule has 2 unspecified atom stereocenters. The van der Waals surface area contributed by atoms with Crippen molar-refractivity contribution in [2.45, 2.75) is 52.5 Å². The lowest BCUT2D eigenvalue weighted by molar-refractivity contribution is 0.321. The molecule has 0 aliphatic carbocycles. The predicted molar refractivity (Wildman–Crippen MR) is 74.0 cm³/mol. The number of ether oxygens (including phenoxy) is 1. The summed E-state index contributed by atoms with van der Waals surface area (Å²) in [6.07, 6.45) is 5.71. The molecular weight excluding hydrogens is 226 g/mol. The maximum atomic E-state index is 5.41. The van der Waals surface area contributed by atoms with Crippen molar-refractivity contribution >= 4 is 0 Å². The summed E-state index contributed by atoms with van der Waals surface area (Å²) in [5.41, 5.74) is 1.01. The molecule has 1 aromatic heterocycles. The molecule has 0 radical (unpaired) electrons. The fourth-order valence-corrected chi connectivity index (χ4v) is 2.09. The number of nitrogens with zero attached hydrogens (tertiary/aromatic N) is 2. The van der Waals surface area contributed by atoms with Gasteiger partial charge in [0, 0.05) is 18.2 Å². The van der Waals surface area contributed by atoms with Gasteiger partial charge < -0.3 is 10.1 Å². The molecule has 1 rings (SSSR count). The third kappa shape index (κ3) is 4.26. The van der Waals surface area contributed by atoms with E-state index in [0.29, 0.717) is 24.4 Å². The number of rotatable bonds is 8. The first-order valence-electron chi connectivity index (χ1n) is 6.90. The topological polar surface area (TPSA) is 47.0 Å². The Labute approximate surface area is 110 Å². The van der Waals surface area contributed by atoms with Gasteiger partial charge in [-0.1, -0.05) is 13.8 Å². The Morgan fingerprint density at radius 3 is 2.67 bits per heavy atom. The zero-order chi connectivity index (χ0) is 13.4. The van der Waals surface area contributed by atoms with Crippen LogP contribution in [0.3, 0.4) is 0 Å². The van der Waals surface area contributed by atoms with Crippen molar-refractivity contribution in [1.29, 1.82) is 0 Å². The summed E-state index contributed by atoms with van der Waals surface area (Å²) in [6, 6.07) is 0.404. The highest BCUT2D eigenvalue weighted by Gasteiger charge is 2.19. The highest BCUT2D eigenvalue weighted by atomic mass is 16.5. The Kier molecular flexibility index (Phi) is 6.65. The second kappa shape index (κ2) is 8.03. The fourth-order valence-electron chi connectivity index (χ4n) is 2.09. The van der Waals surface area contributed by atoms with Crippen LogP contribution in [0.15, 0.2) is 12.4 Å². The second-order valence-corrected chi connectivity index (χ2v) is 4.47. The fraction of sp³-hybridized carbons (Fsp3) is 0.714. The van der Waals surface area contributed by atoms with Crippen LogP contribution in [0.5, 0.6) is 5.88 Å². The minimum absolute atomic E-state index is 0.379. The van der Waals surface area contributed by atoms with Crippen LogP contribution in [0.4, 0.5) is 0 Å². The molecule has 0 aliphatic heterocycles. The average molecular weight is 251 g/mol. The molecule has 0 aliphatic rings. The Morgan fingerprint density at radius 2 is 2.06 bits per heavy atom. The Hall–Kier alpha value is -1.16. The molecule has 4 nitrogen and oxygen atoms in total. The van der Waals surface area contributed by atoms with Crippen molar-refractivity contribution in [3.8, 4) is 5.88 Å². The smallest absolute Gasteiger partial charge is 0.232 e. The monoisotopic (exact) mass is 251 g/mol. The van der Waals surface area contributed by atoms with Gasteiger partial charge in [0.15, 0.2) is 0 Å². The molecule has 0 amide bonds. The van der Waals surface area contributed by atoms with Crippen molar-refractivity contribution < 1.29 is 4.74 Å². The minimum Gasteiger partial charge on any atom is -0.477 e. The molecular formula is C14H25N3O. The van der Waals surface area contributed by atoms with Crippen molar-refractivity contribution in [3.05, 3.63) is 18.1 Å². The summed E-state index contributed by atoms with van der Waals surface area (Å²) in [7, 11) is 0. The van der Waals surface area contributed by atoms with Gasteiger partial charge >= 0.3 is 0 Å².